The number of pyridine rings is 1. The Kier molecular flexibility index (Phi) is 4.97. The van der Waals surface area contributed by atoms with E-state index in [9.17, 15) is 9.59 Å². The molecule has 0 bridgehead atoms. The Morgan fingerprint density at radius 2 is 2.26 bits per heavy atom. The number of carboxylic acid groups (broad SMARTS) is 1. The molecule has 0 aliphatic carbocycles. The minimum absolute atomic E-state index is 0.0545. The monoisotopic (exact) mass is 263 g/mol. The van der Waals surface area contributed by atoms with E-state index in [1.165, 1.54) is 19.2 Å². The van der Waals surface area contributed by atoms with Crippen molar-refractivity contribution in [2.75, 3.05) is 13.7 Å². The largest absolute Gasteiger partial charge is 0.480 e. The van der Waals surface area contributed by atoms with Gasteiger partial charge in [-0.1, -0.05) is 0 Å². The first-order valence-corrected chi connectivity index (χ1v) is 5.40. The van der Waals surface area contributed by atoms with Crippen LogP contribution in [-0.4, -0.2) is 41.7 Å². The summed E-state index contributed by atoms with van der Waals surface area (Å²) in [7, 11) is 1.34. The molecular weight excluding hydrogens is 250 g/mol. The van der Waals surface area contributed by atoms with Crippen molar-refractivity contribution in [3.8, 4) is 6.07 Å². The van der Waals surface area contributed by atoms with E-state index in [0.29, 0.717) is 11.3 Å². The predicted molar refractivity (Wildman–Crippen MR) is 64.5 cm³/mol. The molecule has 0 saturated heterocycles. The van der Waals surface area contributed by atoms with E-state index in [1.54, 1.807) is 6.92 Å². The Labute approximate surface area is 109 Å². The first-order valence-electron chi connectivity index (χ1n) is 5.40. The molecule has 1 rings (SSSR count). The molecule has 0 saturated carbocycles. The van der Waals surface area contributed by atoms with Gasteiger partial charge in [0.2, 0.25) is 0 Å². The molecule has 0 fully saturated rings. The van der Waals surface area contributed by atoms with E-state index in [1.807, 2.05) is 6.07 Å². The van der Waals surface area contributed by atoms with Gasteiger partial charge in [-0.25, -0.2) is 9.78 Å². The molecule has 1 unspecified atom stereocenters. The topological polar surface area (TPSA) is 112 Å². The lowest BCUT2D eigenvalue weighted by Gasteiger charge is -2.13. The molecule has 1 aromatic heterocycles. The number of carbonyl (C=O) groups excluding carboxylic acids is 1. The highest BCUT2D eigenvalue weighted by Crippen LogP contribution is 2.05. The Balaban J connectivity index is 2.86. The first-order chi connectivity index (χ1) is 8.99. The van der Waals surface area contributed by atoms with Gasteiger partial charge >= 0.3 is 5.97 Å². The van der Waals surface area contributed by atoms with Crippen LogP contribution in [-0.2, 0) is 9.53 Å². The van der Waals surface area contributed by atoms with Gasteiger partial charge in [0, 0.05) is 7.11 Å². The maximum Gasteiger partial charge on any atom is 0.328 e. The summed E-state index contributed by atoms with van der Waals surface area (Å²) in [5, 5.41) is 19.9. The number of aliphatic carboxylic acids is 1. The molecule has 7 heteroatoms. The third kappa shape index (κ3) is 3.76. The fraction of sp³-hybridized carbons (Fsp3) is 0.333. The van der Waals surface area contributed by atoms with Crippen LogP contribution in [0.4, 0.5) is 0 Å². The number of rotatable bonds is 5. The number of hydrogen-bond donors (Lipinski definition) is 2. The van der Waals surface area contributed by atoms with Gasteiger partial charge in [-0.15, -0.1) is 0 Å². The smallest absolute Gasteiger partial charge is 0.328 e. The second-order valence-corrected chi connectivity index (χ2v) is 3.76. The Hall–Kier alpha value is -2.46. The summed E-state index contributed by atoms with van der Waals surface area (Å²) in [6.45, 7) is 1.45. The molecule has 7 nitrogen and oxygen atoms in total. The number of nitrogens with zero attached hydrogens (tertiary/aromatic N) is 2. The van der Waals surface area contributed by atoms with Crippen LogP contribution >= 0.6 is 0 Å². The van der Waals surface area contributed by atoms with E-state index in [2.05, 4.69) is 10.3 Å². The summed E-state index contributed by atoms with van der Waals surface area (Å²) >= 11 is 0. The fourth-order valence-corrected chi connectivity index (χ4v) is 1.38. The lowest BCUT2D eigenvalue weighted by Crippen LogP contribution is -2.44. The van der Waals surface area contributed by atoms with Crippen molar-refractivity contribution in [2.45, 2.75) is 13.0 Å². The average molecular weight is 263 g/mol. The van der Waals surface area contributed by atoms with Crippen LogP contribution in [0.1, 0.15) is 21.7 Å². The van der Waals surface area contributed by atoms with Gasteiger partial charge in [0.25, 0.3) is 5.91 Å². The van der Waals surface area contributed by atoms with E-state index < -0.39 is 17.9 Å². The first kappa shape index (κ1) is 14.6. The highest BCUT2D eigenvalue weighted by atomic mass is 16.5. The Morgan fingerprint density at radius 3 is 2.74 bits per heavy atom. The highest BCUT2D eigenvalue weighted by Gasteiger charge is 2.21. The lowest BCUT2D eigenvalue weighted by atomic mass is 10.2. The van der Waals surface area contributed by atoms with Crippen molar-refractivity contribution in [2.24, 2.45) is 0 Å². The van der Waals surface area contributed by atoms with Crippen LogP contribution < -0.4 is 5.32 Å². The number of aromatic nitrogens is 1. The SMILES string of the molecule is COCC(NC(=O)c1ccc(C#N)c(C)n1)C(=O)O. The van der Waals surface area contributed by atoms with Gasteiger partial charge in [-0.05, 0) is 19.1 Å². The van der Waals surface area contributed by atoms with Crippen molar-refractivity contribution in [1.29, 1.82) is 5.26 Å². The van der Waals surface area contributed by atoms with Crippen molar-refractivity contribution in [3.05, 3.63) is 29.1 Å². The van der Waals surface area contributed by atoms with Gasteiger partial charge < -0.3 is 15.2 Å². The number of nitriles is 1. The number of amides is 1. The van der Waals surface area contributed by atoms with Crippen LogP contribution in [0.3, 0.4) is 0 Å². The normalized spacial score (nSPS) is 11.4. The number of aryl methyl sites for hydroxylation is 1. The molecule has 0 radical (unpaired) electrons. The van der Waals surface area contributed by atoms with Gasteiger partial charge in [-0.2, -0.15) is 5.26 Å². The van der Waals surface area contributed by atoms with E-state index >= 15 is 0 Å². The molecule has 0 aliphatic heterocycles. The molecule has 100 valence electrons. The summed E-state index contributed by atoms with van der Waals surface area (Å²) < 4.78 is 4.70. The summed E-state index contributed by atoms with van der Waals surface area (Å²) in [5.41, 5.74) is 0.829. The standard InChI is InChI=1S/C12H13N3O4/c1-7-8(5-13)3-4-9(14-7)11(16)15-10(6-19-2)12(17)18/h3-4,10H,6H2,1-2H3,(H,15,16)(H,17,18). The number of hydrogen-bond acceptors (Lipinski definition) is 5. The van der Waals surface area contributed by atoms with Gasteiger partial charge in [0.15, 0.2) is 6.04 Å². The zero-order chi connectivity index (χ0) is 14.4. The van der Waals surface area contributed by atoms with E-state index in [-0.39, 0.29) is 12.3 Å². The molecule has 0 spiro atoms. The van der Waals surface area contributed by atoms with Crippen LogP contribution in [0.2, 0.25) is 0 Å². The van der Waals surface area contributed by atoms with E-state index in [4.69, 9.17) is 15.1 Å². The fourth-order valence-electron chi connectivity index (χ4n) is 1.38. The number of methoxy groups -OCH3 is 1. The van der Waals surface area contributed by atoms with Crippen LogP contribution in [0.5, 0.6) is 0 Å². The molecule has 1 aromatic rings. The second kappa shape index (κ2) is 6.47. The molecule has 0 aromatic carbocycles. The highest BCUT2D eigenvalue weighted by molar-refractivity contribution is 5.95. The zero-order valence-electron chi connectivity index (χ0n) is 10.5. The van der Waals surface area contributed by atoms with Crippen LogP contribution in [0.25, 0.3) is 0 Å². The zero-order valence-corrected chi connectivity index (χ0v) is 10.5. The third-order valence-electron chi connectivity index (χ3n) is 2.38. The third-order valence-corrected chi connectivity index (χ3v) is 2.38. The number of ether oxygens (including phenoxy) is 1. The van der Waals surface area contributed by atoms with Crippen molar-refractivity contribution >= 4 is 11.9 Å². The second-order valence-electron chi connectivity index (χ2n) is 3.76. The Morgan fingerprint density at radius 1 is 1.58 bits per heavy atom. The van der Waals surface area contributed by atoms with Crippen LogP contribution in [0.15, 0.2) is 12.1 Å². The molecule has 0 aliphatic rings. The average Bonchev–Trinajstić information content (AvgIpc) is 2.37. The minimum Gasteiger partial charge on any atom is -0.480 e. The quantitative estimate of drug-likeness (QED) is 0.778. The summed E-state index contributed by atoms with van der Waals surface area (Å²) in [6.07, 6.45) is 0. The molecule has 1 amide bonds. The summed E-state index contributed by atoms with van der Waals surface area (Å²) in [6, 6.07) is 3.62. The maximum atomic E-state index is 11.8. The lowest BCUT2D eigenvalue weighted by molar-refractivity contribution is -0.140. The summed E-state index contributed by atoms with van der Waals surface area (Å²) in [4.78, 5) is 26.6. The van der Waals surface area contributed by atoms with Gasteiger partial charge in [-0.3, -0.25) is 4.79 Å². The number of carbonyl (C=O) groups is 2. The number of carboxylic acids is 1. The number of nitrogens with one attached hydrogen (secondary N) is 1. The maximum absolute atomic E-state index is 11.8. The molecule has 1 heterocycles. The molecule has 1 atom stereocenters. The van der Waals surface area contributed by atoms with Crippen LogP contribution in [0, 0.1) is 18.3 Å². The van der Waals surface area contributed by atoms with Crippen molar-refractivity contribution in [3.63, 3.8) is 0 Å². The minimum atomic E-state index is -1.19. The van der Waals surface area contributed by atoms with Crippen molar-refractivity contribution in [1.82, 2.24) is 10.3 Å². The molecule has 19 heavy (non-hydrogen) atoms. The van der Waals surface area contributed by atoms with Crippen molar-refractivity contribution < 1.29 is 19.4 Å². The molecule has 2 N–H and O–H groups in total. The van der Waals surface area contributed by atoms with Gasteiger partial charge in [0.1, 0.15) is 11.8 Å². The molecular formula is C12H13N3O4. The predicted octanol–water partition coefficient (Wildman–Crippen LogP) is 0.0911. The summed E-state index contributed by atoms with van der Waals surface area (Å²) in [5.74, 6) is -1.82. The van der Waals surface area contributed by atoms with E-state index in [0.717, 1.165) is 0 Å². The Bertz CT molecular complexity index is 536. The van der Waals surface area contributed by atoms with Gasteiger partial charge in [0.05, 0.1) is 17.9 Å².